The molecule has 3 nitrogen and oxygen atoms in total. The molecule has 0 radical (unpaired) electrons. The smallest absolute Gasteiger partial charge is 0.0645 e. The fraction of sp³-hybridized carbons (Fsp3) is 0.286. The van der Waals surface area contributed by atoms with Crippen molar-refractivity contribution in [1.82, 2.24) is 4.57 Å². The number of hydrogen-bond donors (Lipinski definition) is 2. The van der Waals surface area contributed by atoms with Gasteiger partial charge in [-0.25, -0.2) is 0 Å². The molecule has 0 bridgehead atoms. The normalized spacial score (nSPS) is 12.3. The topological polar surface area (TPSA) is 45.4 Å². The maximum Gasteiger partial charge on any atom is 0.0645 e. The highest BCUT2D eigenvalue weighted by molar-refractivity contribution is 5.89. The molecule has 17 heavy (non-hydrogen) atoms. The first-order chi connectivity index (χ1) is 8.26. The SMILES string of the molecule is Cn1cc(/C=C(/CO)CCO)c2ccccc21. The van der Waals surface area contributed by atoms with Crippen LogP contribution < -0.4 is 0 Å². The van der Waals surface area contributed by atoms with Crippen molar-refractivity contribution in [3.8, 4) is 0 Å². The van der Waals surface area contributed by atoms with Crippen molar-refractivity contribution in [3.05, 3.63) is 41.6 Å². The van der Waals surface area contributed by atoms with Gasteiger partial charge in [-0.15, -0.1) is 0 Å². The molecule has 0 amide bonds. The van der Waals surface area contributed by atoms with E-state index < -0.39 is 0 Å². The number of rotatable bonds is 4. The van der Waals surface area contributed by atoms with E-state index >= 15 is 0 Å². The fourth-order valence-corrected chi connectivity index (χ4v) is 2.05. The van der Waals surface area contributed by atoms with E-state index in [1.165, 1.54) is 10.9 Å². The molecule has 1 heterocycles. The summed E-state index contributed by atoms with van der Waals surface area (Å²) in [4.78, 5) is 0. The molecule has 0 saturated heterocycles. The van der Waals surface area contributed by atoms with Gasteiger partial charge in [0.25, 0.3) is 0 Å². The van der Waals surface area contributed by atoms with Crippen molar-refractivity contribution in [2.75, 3.05) is 13.2 Å². The predicted octanol–water partition coefficient (Wildman–Crippen LogP) is 1.94. The molecule has 0 saturated carbocycles. The van der Waals surface area contributed by atoms with Crippen LogP contribution in [0.4, 0.5) is 0 Å². The summed E-state index contributed by atoms with van der Waals surface area (Å²) in [5, 5.41) is 19.3. The summed E-state index contributed by atoms with van der Waals surface area (Å²) in [6.07, 6.45) is 4.51. The molecular weight excluding hydrogens is 214 g/mol. The summed E-state index contributed by atoms with van der Waals surface area (Å²) in [5.74, 6) is 0. The minimum atomic E-state index is -0.0101. The maximum atomic E-state index is 9.21. The first-order valence-electron chi connectivity index (χ1n) is 5.71. The molecule has 0 aliphatic heterocycles. The van der Waals surface area contributed by atoms with Crippen molar-refractivity contribution in [2.45, 2.75) is 6.42 Å². The Bertz CT molecular complexity index is 540. The Kier molecular flexibility index (Phi) is 3.61. The van der Waals surface area contributed by atoms with Crippen LogP contribution in [-0.2, 0) is 7.05 Å². The number of aromatic nitrogens is 1. The molecule has 0 atom stereocenters. The second-order valence-electron chi connectivity index (χ2n) is 4.15. The Morgan fingerprint density at radius 2 is 2.06 bits per heavy atom. The first kappa shape index (κ1) is 11.9. The molecule has 2 aromatic rings. The lowest BCUT2D eigenvalue weighted by Crippen LogP contribution is -1.93. The second-order valence-corrected chi connectivity index (χ2v) is 4.15. The molecule has 0 spiro atoms. The van der Waals surface area contributed by atoms with Crippen LogP contribution in [0.15, 0.2) is 36.0 Å². The Labute approximate surface area is 101 Å². The van der Waals surface area contributed by atoms with Crippen molar-refractivity contribution in [2.24, 2.45) is 7.05 Å². The lowest BCUT2D eigenvalue weighted by molar-refractivity contribution is 0.279. The summed E-state index contributed by atoms with van der Waals surface area (Å²) in [5.41, 5.74) is 3.10. The van der Waals surface area contributed by atoms with Crippen LogP contribution in [0.1, 0.15) is 12.0 Å². The molecule has 0 unspecified atom stereocenters. The molecule has 1 aromatic heterocycles. The Morgan fingerprint density at radius 1 is 1.29 bits per heavy atom. The number of benzene rings is 1. The Hall–Kier alpha value is -1.58. The zero-order valence-corrected chi connectivity index (χ0v) is 9.93. The highest BCUT2D eigenvalue weighted by atomic mass is 16.3. The van der Waals surface area contributed by atoms with E-state index in [0.717, 1.165) is 11.1 Å². The van der Waals surface area contributed by atoms with Gasteiger partial charge in [0.1, 0.15) is 0 Å². The van der Waals surface area contributed by atoms with Gasteiger partial charge in [-0.2, -0.15) is 0 Å². The standard InChI is InChI=1S/C14H17NO2/c1-15-9-12(8-11(10-17)6-7-16)13-4-2-3-5-14(13)15/h2-5,8-9,16-17H,6-7,10H2,1H3/b11-8+. The van der Waals surface area contributed by atoms with E-state index in [-0.39, 0.29) is 13.2 Å². The van der Waals surface area contributed by atoms with Gasteiger partial charge in [-0.3, -0.25) is 0 Å². The summed E-state index contributed by atoms with van der Waals surface area (Å²) >= 11 is 0. The zero-order valence-electron chi connectivity index (χ0n) is 9.93. The second kappa shape index (κ2) is 5.17. The van der Waals surface area contributed by atoms with Crippen molar-refractivity contribution in [1.29, 1.82) is 0 Å². The van der Waals surface area contributed by atoms with Gasteiger partial charge < -0.3 is 14.8 Å². The van der Waals surface area contributed by atoms with E-state index in [2.05, 4.69) is 16.7 Å². The first-order valence-corrected chi connectivity index (χ1v) is 5.71. The highest BCUT2D eigenvalue weighted by Gasteiger charge is 2.04. The van der Waals surface area contributed by atoms with Crippen LogP contribution in [0.25, 0.3) is 17.0 Å². The zero-order chi connectivity index (χ0) is 12.3. The third-order valence-corrected chi connectivity index (χ3v) is 2.92. The number of nitrogens with zero attached hydrogens (tertiary/aromatic N) is 1. The summed E-state index contributed by atoms with van der Waals surface area (Å²) in [7, 11) is 2.00. The van der Waals surface area contributed by atoms with Gasteiger partial charge >= 0.3 is 0 Å². The Balaban J connectivity index is 2.48. The molecule has 0 fully saturated rings. The van der Waals surface area contributed by atoms with Crippen molar-refractivity contribution < 1.29 is 10.2 Å². The molecule has 0 aliphatic carbocycles. The van der Waals surface area contributed by atoms with E-state index in [9.17, 15) is 5.11 Å². The van der Waals surface area contributed by atoms with Gasteiger partial charge in [-0.05, 0) is 23.6 Å². The summed E-state index contributed by atoms with van der Waals surface area (Å²) in [6.45, 7) is 0.0565. The fourth-order valence-electron chi connectivity index (χ4n) is 2.05. The lowest BCUT2D eigenvalue weighted by Gasteiger charge is -2.00. The van der Waals surface area contributed by atoms with Crippen LogP contribution in [0, 0.1) is 0 Å². The molecule has 2 N–H and O–H groups in total. The van der Waals surface area contributed by atoms with E-state index in [0.29, 0.717) is 6.42 Å². The largest absolute Gasteiger partial charge is 0.396 e. The van der Waals surface area contributed by atoms with E-state index in [1.807, 2.05) is 31.5 Å². The average molecular weight is 231 g/mol. The van der Waals surface area contributed by atoms with Crippen LogP contribution >= 0.6 is 0 Å². The van der Waals surface area contributed by atoms with Crippen molar-refractivity contribution >= 4 is 17.0 Å². The van der Waals surface area contributed by atoms with E-state index in [1.54, 1.807) is 0 Å². The number of aliphatic hydroxyl groups is 2. The summed E-state index contributed by atoms with van der Waals surface area (Å²) < 4.78 is 2.06. The number of hydrogen-bond acceptors (Lipinski definition) is 2. The van der Waals surface area contributed by atoms with Crippen LogP contribution in [-0.4, -0.2) is 28.0 Å². The molecular formula is C14H17NO2. The number of aryl methyl sites for hydroxylation is 1. The number of aliphatic hydroxyl groups excluding tert-OH is 2. The molecule has 3 heteroatoms. The molecule has 1 aromatic carbocycles. The minimum Gasteiger partial charge on any atom is -0.396 e. The van der Waals surface area contributed by atoms with Crippen LogP contribution in [0.5, 0.6) is 0 Å². The monoisotopic (exact) mass is 231 g/mol. The van der Waals surface area contributed by atoms with Crippen LogP contribution in [0.3, 0.4) is 0 Å². The number of fused-ring (bicyclic) bond motifs is 1. The third-order valence-electron chi connectivity index (χ3n) is 2.92. The van der Waals surface area contributed by atoms with Gasteiger partial charge in [0.2, 0.25) is 0 Å². The van der Waals surface area contributed by atoms with Gasteiger partial charge in [0.15, 0.2) is 0 Å². The quantitative estimate of drug-likeness (QED) is 0.844. The average Bonchev–Trinajstić information content (AvgIpc) is 2.66. The maximum absolute atomic E-state index is 9.21. The van der Waals surface area contributed by atoms with Gasteiger partial charge in [-0.1, -0.05) is 24.3 Å². The minimum absolute atomic E-state index is 0.0101. The molecule has 90 valence electrons. The molecule has 0 aliphatic rings. The van der Waals surface area contributed by atoms with Crippen molar-refractivity contribution in [3.63, 3.8) is 0 Å². The van der Waals surface area contributed by atoms with E-state index in [4.69, 9.17) is 5.11 Å². The highest BCUT2D eigenvalue weighted by Crippen LogP contribution is 2.22. The Morgan fingerprint density at radius 3 is 2.76 bits per heavy atom. The van der Waals surface area contributed by atoms with Gasteiger partial charge in [0, 0.05) is 30.8 Å². The molecule has 2 rings (SSSR count). The lowest BCUT2D eigenvalue weighted by atomic mass is 10.1. The third kappa shape index (κ3) is 2.40. The predicted molar refractivity (Wildman–Crippen MR) is 69.7 cm³/mol. The number of para-hydroxylation sites is 1. The summed E-state index contributed by atoms with van der Waals surface area (Å²) in [6, 6.07) is 8.15. The van der Waals surface area contributed by atoms with Crippen LogP contribution in [0.2, 0.25) is 0 Å². The van der Waals surface area contributed by atoms with Gasteiger partial charge in [0.05, 0.1) is 6.61 Å².